The lowest BCUT2D eigenvalue weighted by atomic mass is 10.0. The summed E-state index contributed by atoms with van der Waals surface area (Å²) in [5.74, 6) is 0.889. The number of aliphatic hydroxyl groups excluding tert-OH is 5. The van der Waals surface area contributed by atoms with Gasteiger partial charge in [-0.3, -0.25) is 5.32 Å². The Labute approximate surface area is 151 Å². The molecule has 0 bridgehead atoms. The van der Waals surface area contributed by atoms with Gasteiger partial charge in [-0.1, -0.05) is 30.2 Å². The van der Waals surface area contributed by atoms with E-state index in [9.17, 15) is 4.79 Å². The van der Waals surface area contributed by atoms with Gasteiger partial charge in [-0.25, -0.2) is 4.79 Å². The van der Waals surface area contributed by atoms with E-state index in [4.69, 9.17) is 37.1 Å². The fourth-order valence-corrected chi connectivity index (χ4v) is 2.62. The van der Waals surface area contributed by atoms with Crippen LogP contribution in [0.25, 0.3) is 0 Å². The third-order valence-corrected chi connectivity index (χ3v) is 4.09. The number of aliphatic carboxylic acids is 1. The number of aliphatic hydroxyl groups is 5. The molecule has 1 aromatic carbocycles. The number of fused-ring (bicyclic) bond motifs is 1. The Bertz CT molecular complexity index is 616. The van der Waals surface area contributed by atoms with Crippen LogP contribution in [0.5, 0.6) is 0 Å². The van der Waals surface area contributed by atoms with Gasteiger partial charge in [0, 0.05) is 6.04 Å². The zero-order chi connectivity index (χ0) is 19.7. The van der Waals surface area contributed by atoms with E-state index < -0.39 is 37.0 Å². The molecular formula is C18H25NO7. The Morgan fingerprint density at radius 1 is 1.23 bits per heavy atom. The summed E-state index contributed by atoms with van der Waals surface area (Å²) in [6.07, 6.45) is -0.262. The number of benzene rings is 1. The predicted molar refractivity (Wildman–Crippen MR) is 93.1 cm³/mol. The maximum atomic E-state index is 10.1. The maximum absolute atomic E-state index is 10.1. The molecule has 5 atom stereocenters. The smallest absolute Gasteiger partial charge is 0.335 e. The molecule has 1 aromatic rings. The fraction of sp³-hybridized carbons (Fsp3) is 0.500. The van der Waals surface area contributed by atoms with Crippen LogP contribution in [-0.4, -0.2) is 74.2 Å². The molecule has 26 heavy (non-hydrogen) atoms. The second kappa shape index (κ2) is 10.9. The van der Waals surface area contributed by atoms with E-state index in [0.29, 0.717) is 12.6 Å². The molecule has 2 rings (SSSR count). The number of carboxylic acid groups (broad SMARTS) is 1. The van der Waals surface area contributed by atoms with Crippen LogP contribution in [0.3, 0.4) is 0 Å². The predicted octanol–water partition coefficient (Wildman–Crippen LogP) is -1.60. The van der Waals surface area contributed by atoms with Gasteiger partial charge in [0.2, 0.25) is 0 Å². The van der Waals surface area contributed by atoms with E-state index >= 15 is 0 Å². The molecule has 0 aliphatic heterocycles. The Hall–Kier alpha value is -1.99. The number of hydrogen-bond acceptors (Lipinski definition) is 7. The van der Waals surface area contributed by atoms with Crippen molar-refractivity contribution >= 4 is 5.97 Å². The van der Waals surface area contributed by atoms with Crippen molar-refractivity contribution in [3.63, 3.8) is 0 Å². The summed E-state index contributed by atoms with van der Waals surface area (Å²) >= 11 is 0. The van der Waals surface area contributed by atoms with Gasteiger partial charge < -0.3 is 30.6 Å². The Balaban J connectivity index is 0.000000260. The van der Waals surface area contributed by atoms with Gasteiger partial charge in [0.15, 0.2) is 6.10 Å². The summed E-state index contributed by atoms with van der Waals surface area (Å²) in [4.78, 5) is 10.1. The SMILES string of the molecule is C#CCN[C@@H]1CCc2ccccc21.O=C(O)[C@H](O)[C@@H](O)[C@H](O)[C@H](O)CO. The Morgan fingerprint density at radius 2 is 1.88 bits per heavy atom. The van der Waals surface area contributed by atoms with Crippen molar-refractivity contribution < 1.29 is 35.4 Å². The number of carboxylic acids is 1. The average Bonchev–Trinajstić information content (AvgIpc) is 3.07. The van der Waals surface area contributed by atoms with Gasteiger partial charge in [-0.05, 0) is 24.0 Å². The first-order valence-corrected chi connectivity index (χ1v) is 8.14. The van der Waals surface area contributed by atoms with E-state index in [0.717, 1.165) is 0 Å². The van der Waals surface area contributed by atoms with Crippen LogP contribution in [0.2, 0.25) is 0 Å². The molecule has 8 heteroatoms. The van der Waals surface area contributed by atoms with E-state index in [1.807, 2.05) is 0 Å². The molecule has 0 spiro atoms. The van der Waals surface area contributed by atoms with Gasteiger partial charge in [0.05, 0.1) is 13.2 Å². The summed E-state index contributed by atoms with van der Waals surface area (Å²) in [7, 11) is 0. The van der Waals surface area contributed by atoms with Crippen LogP contribution >= 0.6 is 0 Å². The molecule has 0 amide bonds. The Kier molecular flexibility index (Phi) is 9.23. The molecule has 0 aromatic heterocycles. The van der Waals surface area contributed by atoms with Crippen molar-refractivity contribution in [2.45, 2.75) is 43.3 Å². The first-order valence-electron chi connectivity index (χ1n) is 8.14. The quantitative estimate of drug-likeness (QED) is 0.285. The summed E-state index contributed by atoms with van der Waals surface area (Å²) in [5, 5.41) is 55.2. The molecule has 0 fully saturated rings. The number of nitrogens with one attached hydrogen (secondary N) is 1. The van der Waals surface area contributed by atoms with Crippen LogP contribution in [-0.2, 0) is 11.2 Å². The van der Waals surface area contributed by atoms with Gasteiger partial charge in [-0.15, -0.1) is 6.42 Å². The molecule has 0 saturated heterocycles. The molecule has 0 heterocycles. The second-order valence-corrected chi connectivity index (χ2v) is 5.89. The first-order chi connectivity index (χ1) is 12.3. The molecule has 1 aliphatic carbocycles. The van der Waals surface area contributed by atoms with Crippen LogP contribution in [0.4, 0.5) is 0 Å². The highest BCUT2D eigenvalue weighted by molar-refractivity contribution is 5.72. The minimum atomic E-state index is -2.20. The number of terminal acetylenes is 1. The third-order valence-electron chi connectivity index (χ3n) is 4.09. The molecule has 7 N–H and O–H groups in total. The van der Waals surface area contributed by atoms with Gasteiger partial charge in [0.25, 0.3) is 0 Å². The van der Waals surface area contributed by atoms with Crippen LogP contribution in [0, 0.1) is 12.3 Å². The maximum Gasteiger partial charge on any atom is 0.335 e. The van der Waals surface area contributed by atoms with Crippen molar-refractivity contribution in [2.24, 2.45) is 0 Å². The van der Waals surface area contributed by atoms with E-state index in [1.54, 1.807) is 0 Å². The van der Waals surface area contributed by atoms with Crippen LogP contribution < -0.4 is 5.32 Å². The second-order valence-electron chi connectivity index (χ2n) is 5.89. The highest BCUT2D eigenvalue weighted by Gasteiger charge is 2.33. The molecule has 1 aliphatic rings. The standard InChI is InChI=1S/C12H13N.C6H12O7/c1-2-9-13-12-8-7-10-5-3-4-6-11(10)12;7-1-2(8)3(9)4(10)5(11)6(12)13/h1,3-6,12-13H,7-9H2;2-5,7-11H,1H2,(H,12,13)/t12-;2-,3-,4+,5-/m11/s1. The zero-order valence-electron chi connectivity index (χ0n) is 14.2. The zero-order valence-corrected chi connectivity index (χ0v) is 14.2. The van der Waals surface area contributed by atoms with Crippen molar-refractivity contribution in [1.82, 2.24) is 5.32 Å². The lowest BCUT2D eigenvalue weighted by Crippen LogP contribution is -2.48. The third kappa shape index (κ3) is 6.07. The largest absolute Gasteiger partial charge is 0.479 e. The normalized spacial score (nSPS) is 19.9. The topological polar surface area (TPSA) is 150 Å². The average molecular weight is 367 g/mol. The monoisotopic (exact) mass is 367 g/mol. The fourth-order valence-electron chi connectivity index (χ4n) is 2.62. The summed E-state index contributed by atoms with van der Waals surface area (Å²) in [6.45, 7) is -0.177. The van der Waals surface area contributed by atoms with Crippen molar-refractivity contribution in [2.75, 3.05) is 13.2 Å². The van der Waals surface area contributed by atoms with Crippen molar-refractivity contribution in [3.8, 4) is 12.3 Å². The number of hydrogen-bond donors (Lipinski definition) is 7. The summed E-state index contributed by atoms with van der Waals surface area (Å²) in [6, 6.07) is 9.06. The molecule has 8 nitrogen and oxygen atoms in total. The van der Waals surface area contributed by atoms with Crippen LogP contribution in [0.1, 0.15) is 23.6 Å². The minimum Gasteiger partial charge on any atom is -0.479 e. The first kappa shape index (κ1) is 22.1. The van der Waals surface area contributed by atoms with Gasteiger partial charge in [0.1, 0.15) is 18.3 Å². The molecule has 0 saturated carbocycles. The highest BCUT2D eigenvalue weighted by atomic mass is 16.4. The number of rotatable bonds is 7. The lowest BCUT2D eigenvalue weighted by Gasteiger charge is -2.23. The van der Waals surface area contributed by atoms with Gasteiger partial charge in [-0.2, -0.15) is 0 Å². The molecular weight excluding hydrogens is 342 g/mol. The molecule has 0 radical (unpaired) electrons. The lowest BCUT2D eigenvalue weighted by molar-refractivity contribution is -0.164. The Morgan fingerprint density at radius 3 is 2.46 bits per heavy atom. The highest BCUT2D eigenvalue weighted by Crippen LogP contribution is 2.30. The van der Waals surface area contributed by atoms with Crippen molar-refractivity contribution in [1.29, 1.82) is 0 Å². The minimum absolute atomic E-state index is 0.479. The summed E-state index contributed by atoms with van der Waals surface area (Å²) < 4.78 is 0. The van der Waals surface area contributed by atoms with Crippen LogP contribution in [0.15, 0.2) is 24.3 Å². The summed E-state index contributed by atoms with van der Waals surface area (Å²) in [5.41, 5.74) is 2.90. The molecule has 0 unspecified atom stereocenters. The van der Waals surface area contributed by atoms with E-state index in [1.165, 1.54) is 24.0 Å². The van der Waals surface area contributed by atoms with E-state index in [-0.39, 0.29) is 0 Å². The van der Waals surface area contributed by atoms with Gasteiger partial charge >= 0.3 is 5.97 Å². The number of aryl methyl sites for hydroxylation is 1. The van der Waals surface area contributed by atoms with Crippen molar-refractivity contribution in [3.05, 3.63) is 35.4 Å². The number of carbonyl (C=O) groups is 1. The molecule has 144 valence electrons. The van der Waals surface area contributed by atoms with E-state index in [2.05, 4.69) is 35.5 Å².